The van der Waals surface area contributed by atoms with E-state index in [9.17, 15) is 9.59 Å². The Labute approximate surface area is 137 Å². The molecule has 1 aliphatic rings. The van der Waals surface area contributed by atoms with Crippen molar-refractivity contribution < 1.29 is 9.59 Å². The number of primary amides is 1. The molecule has 1 aromatic rings. The van der Waals surface area contributed by atoms with Crippen LogP contribution >= 0.6 is 0 Å². The quantitative estimate of drug-likeness (QED) is 0.866. The number of carbonyl (C=O) groups is 2. The van der Waals surface area contributed by atoms with E-state index in [-0.39, 0.29) is 23.9 Å². The minimum atomic E-state index is -0.299. The number of nitrogens with zero attached hydrogens (tertiary/aromatic N) is 3. The van der Waals surface area contributed by atoms with Gasteiger partial charge < -0.3 is 16.0 Å². The fraction of sp³-hybridized carbons (Fsp3) is 0.688. The summed E-state index contributed by atoms with van der Waals surface area (Å²) in [7, 11) is 0. The van der Waals surface area contributed by atoms with Crippen LogP contribution in [-0.2, 0) is 4.79 Å². The fourth-order valence-corrected chi connectivity index (χ4v) is 2.92. The molecule has 2 atom stereocenters. The molecule has 0 bridgehead atoms. The van der Waals surface area contributed by atoms with Gasteiger partial charge in [-0.15, -0.1) is 0 Å². The molecule has 0 aromatic carbocycles. The molecule has 1 aromatic heterocycles. The molecular formula is C16H27N5O2. The Morgan fingerprint density at radius 2 is 2.17 bits per heavy atom. The van der Waals surface area contributed by atoms with Crippen molar-refractivity contribution in [2.45, 2.75) is 52.1 Å². The molecule has 23 heavy (non-hydrogen) atoms. The minimum Gasteiger partial charge on any atom is -0.370 e. The number of piperidine rings is 1. The summed E-state index contributed by atoms with van der Waals surface area (Å²) < 4.78 is 1.88. The van der Waals surface area contributed by atoms with Crippen LogP contribution in [0.5, 0.6) is 0 Å². The van der Waals surface area contributed by atoms with E-state index in [0.717, 1.165) is 24.9 Å². The van der Waals surface area contributed by atoms with Crippen molar-refractivity contribution in [3.8, 4) is 0 Å². The number of aromatic nitrogens is 2. The third kappa shape index (κ3) is 4.71. The number of hydrogen-bond donors (Lipinski definition) is 2. The van der Waals surface area contributed by atoms with E-state index < -0.39 is 0 Å². The summed E-state index contributed by atoms with van der Waals surface area (Å²) in [4.78, 5) is 25.3. The summed E-state index contributed by atoms with van der Waals surface area (Å²) in [5, 5.41) is 7.31. The van der Waals surface area contributed by atoms with E-state index >= 15 is 0 Å². The van der Waals surface area contributed by atoms with Crippen LogP contribution in [0.3, 0.4) is 0 Å². The molecule has 2 rings (SSSR count). The molecule has 1 aliphatic heterocycles. The zero-order chi connectivity index (χ0) is 17.0. The van der Waals surface area contributed by atoms with E-state index in [1.807, 2.05) is 17.8 Å². The van der Waals surface area contributed by atoms with Crippen molar-refractivity contribution in [1.29, 1.82) is 0 Å². The molecule has 2 heterocycles. The van der Waals surface area contributed by atoms with Crippen LogP contribution < -0.4 is 11.1 Å². The van der Waals surface area contributed by atoms with Crippen molar-refractivity contribution in [3.05, 3.63) is 18.0 Å². The number of rotatable bonds is 5. The second kappa shape index (κ2) is 7.48. The van der Waals surface area contributed by atoms with Gasteiger partial charge in [-0.25, -0.2) is 4.79 Å². The number of carbonyl (C=O) groups excluding carboxylic acids is 2. The molecular weight excluding hydrogens is 294 g/mol. The first-order chi connectivity index (χ1) is 10.9. The maximum Gasteiger partial charge on any atom is 0.317 e. The zero-order valence-electron chi connectivity index (χ0n) is 14.2. The SMILES string of the molecule is CC(C)n1cc([C@@H](C)NC(=O)N2CCC[C@H](CC(N)=O)C2)cn1. The number of likely N-dealkylation sites (tertiary alicyclic amines) is 1. The third-order valence-corrected chi connectivity index (χ3v) is 4.29. The molecule has 0 spiro atoms. The molecule has 128 valence electrons. The van der Waals surface area contributed by atoms with E-state index in [0.29, 0.717) is 19.0 Å². The van der Waals surface area contributed by atoms with Gasteiger partial charge in [-0.3, -0.25) is 9.48 Å². The predicted molar refractivity (Wildman–Crippen MR) is 87.7 cm³/mol. The topological polar surface area (TPSA) is 93.3 Å². The van der Waals surface area contributed by atoms with Crippen LogP contribution in [-0.4, -0.2) is 39.7 Å². The van der Waals surface area contributed by atoms with Crippen molar-refractivity contribution in [2.24, 2.45) is 11.7 Å². The summed E-state index contributed by atoms with van der Waals surface area (Å²) in [5.74, 6) is -0.127. The minimum absolute atomic E-state index is 0.0935. The molecule has 0 saturated carbocycles. The van der Waals surface area contributed by atoms with Gasteiger partial charge in [0.05, 0.1) is 12.2 Å². The number of urea groups is 1. The van der Waals surface area contributed by atoms with Gasteiger partial charge in [0.1, 0.15) is 0 Å². The molecule has 7 heteroatoms. The lowest BCUT2D eigenvalue weighted by atomic mass is 9.95. The normalized spacial score (nSPS) is 19.7. The first-order valence-electron chi connectivity index (χ1n) is 8.24. The molecule has 1 fully saturated rings. The van der Waals surface area contributed by atoms with Crippen LogP contribution in [0.4, 0.5) is 4.79 Å². The van der Waals surface area contributed by atoms with E-state index in [1.165, 1.54) is 0 Å². The second-order valence-corrected chi connectivity index (χ2v) is 6.64. The number of hydrogen-bond acceptors (Lipinski definition) is 3. The Bertz CT molecular complexity index is 554. The lowest BCUT2D eigenvalue weighted by Crippen LogP contribution is -2.46. The van der Waals surface area contributed by atoms with Crippen molar-refractivity contribution in [2.75, 3.05) is 13.1 Å². The smallest absolute Gasteiger partial charge is 0.317 e. The Morgan fingerprint density at radius 1 is 1.43 bits per heavy atom. The van der Waals surface area contributed by atoms with Crippen LogP contribution in [0.2, 0.25) is 0 Å². The molecule has 7 nitrogen and oxygen atoms in total. The van der Waals surface area contributed by atoms with Crippen LogP contribution in [0.15, 0.2) is 12.4 Å². The van der Waals surface area contributed by atoms with Gasteiger partial charge in [-0.1, -0.05) is 0 Å². The Morgan fingerprint density at radius 3 is 2.78 bits per heavy atom. The lowest BCUT2D eigenvalue weighted by Gasteiger charge is -2.33. The highest BCUT2D eigenvalue weighted by molar-refractivity contribution is 5.76. The summed E-state index contributed by atoms with van der Waals surface area (Å²) in [6.07, 6.45) is 5.95. The van der Waals surface area contributed by atoms with Crippen LogP contribution in [0, 0.1) is 5.92 Å². The van der Waals surface area contributed by atoms with Crippen molar-refractivity contribution in [3.63, 3.8) is 0 Å². The summed E-state index contributed by atoms with van der Waals surface area (Å²) in [6.45, 7) is 7.38. The van der Waals surface area contributed by atoms with Gasteiger partial charge >= 0.3 is 6.03 Å². The molecule has 3 amide bonds. The third-order valence-electron chi connectivity index (χ3n) is 4.29. The highest BCUT2D eigenvalue weighted by Gasteiger charge is 2.25. The van der Waals surface area contributed by atoms with Gasteiger partial charge in [0.2, 0.25) is 5.91 Å². The number of nitrogens with two attached hydrogens (primary N) is 1. The van der Waals surface area contributed by atoms with Crippen molar-refractivity contribution in [1.82, 2.24) is 20.0 Å². The number of nitrogens with one attached hydrogen (secondary N) is 1. The summed E-state index contributed by atoms with van der Waals surface area (Å²) in [5.41, 5.74) is 6.25. The molecule has 1 saturated heterocycles. The zero-order valence-corrected chi connectivity index (χ0v) is 14.2. The van der Waals surface area contributed by atoms with Gasteiger partial charge in [-0.2, -0.15) is 5.10 Å². The lowest BCUT2D eigenvalue weighted by molar-refractivity contribution is -0.119. The molecule has 0 unspecified atom stereocenters. The average molecular weight is 321 g/mol. The van der Waals surface area contributed by atoms with Crippen LogP contribution in [0.25, 0.3) is 0 Å². The highest BCUT2D eigenvalue weighted by Crippen LogP contribution is 2.20. The second-order valence-electron chi connectivity index (χ2n) is 6.64. The maximum absolute atomic E-state index is 12.4. The maximum atomic E-state index is 12.4. The Kier molecular flexibility index (Phi) is 5.63. The first kappa shape index (κ1) is 17.3. The van der Waals surface area contributed by atoms with E-state index in [4.69, 9.17) is 5.73 Å². The standard InChI is InChI=1S/C16H27N5O2/c1-11(2)21-10-14(8-18-21)12(3)19-16(23)20-6-4-5-13(9-20)7-15(17)22/h8,10-13H,4-7,9H2,1-3H3,(H2,17,22)(H,19,23)/t12-,13-/m1/s1. The monoisotopic (exact) mass is 321 g/mol. The Hall–Kier alpha value is -2.05. The highest BCUT2D eigenvalue weighted by atomic mass is 16.2. The predicted octanol–water partition coefficient (Wildman–Crippen LogP) is 1.82. The van der Waals surface area contributed by atoms with Crippen LogP contribution in [0.1, 0.15) is 57.7 Å². The molecule has 3 N–H and O–H groups in total. The van der Waals surface area contributed by atoms with Crippen molar-refractivity contribution >= 4 is 11.9 Å². The summed E-state index contributed by atoms with van der Waals surface area (Å²) in [6, 6.07) is 0.0961. The first-order valence-corrected chi connectivity index (χ1v) is 8.24. The van der Waals surface area contributed by atoms with Gasteiger partial charge in [-0.05, 0) is 39.5 Å². The van der Waals surface area contributed by atoms with Gasteiger partial charge in [0.15, 0.2) is 0 Å². The largest absolute Gasteiger partial charge is 0.370 e. The Balaban J connectivity index is 1.90. The fourth-order valence-electron chi connectivity index (χ4n) is 2.92. The van der Waals surface area contributed by atoms with Gasteiger partial charge in [0, 0.05) is 37.3 Å². The molecule has 0 aliphatic carbocycles. The van der Waals surface area contributed by atoms with E-state index in [1.54, 1.807) is 11.1 Å². The molecule has 0 radical (unpaired) electrons. The average Bonchev–Trinajstić information content (AvgIpc) is 2.97. The van der Waals surface area contributed by atoms with E-state index in [2.05, 4.69) is 24.3 Å². The number of amides is 3. The summed E-state index contributed by atoms with van der Waals surface area (Å²) >= 11 is 0. The van der Waals surface area contributed by atoms with Gasteiger partial charge in [0.25, 0.3) is 0 Å².